The number of nitrogens with one attached hydrogen (secondary N) is 1. The molecule has 1 N–H and O–H groups in total. The van der Waals surface area contributed by atoms with Crippen molar-refractivity contribution in [2.24, 2.45) is 0 Å². The standard InChI is InChI=1S/C24H30N2O4/c1-6-14-30-21-12-10-19(15-22(21)29-5)11-13-24(28)26(4)16-23(27)25-20-9-7-8-17(2)18(20)3/h7-13,15H,6,14,16H2,1-5H3,(H,25,27)/b13-11+. The Morgan fingerprint density at radius 1 is 1.13 bits per heavy atom. The van der Waals surface area contributed by atoms with Gasteiger partial charge in [0.05, 0.1) is 20.3 Å². The molecule has 0 fully saturated rings. The zero-order valence-electron chi connectivity index (χ0n) is 18.3. The molecule has 0 aliphatic rings. The molecule has 2 rings (SSSR count). The maximum absolute atomic E-state index is 12.4. The lowest BCUT2D eigenvalue weighted by Gasteiger charge is -2.16. The summed E-state index contributed by atoms with van der Waals surface area (Å²) in [6, 6.07) is 11.2. The molecule has 0 saturated carbocycles. The zero-order valence-corrected chi connectivity index (χ0v) is 18.3. The smallest absolute Gasteiger partial charge is 0.246 e. The first-order valence-corrected chi connectivity index (χ1v) is 9.95. The average Bonchev–Trinajstić information content (AvgIpc) is 2.73. The van der Waals surface area contributed by atoms with E-state index in [1.807, 2.05) is 57.2 Å². The number of carbonyl (C=O) groups is 2. The Kier molecular flexibility index (Phi) is 8.47. The summed E-state index contributed by atoms with van der Waals surface area (Å²) in [4.78, 5) is 26.1. The second kappa shape index (κ2) is 11.0. The maximum atomic E-state index is 12.4. The van der Waals surface area contributed by atoms with Crippen molar-refractivity contribution in [3.63, 3.8) is 0 Å². The van der Waals surface area contributed by atoms with E-state index in [9.17, 15) is 9.59 Å². The Bertz CT molecular complexity index is 921. The highest BCUT2D eigenvalue weighted by molar-refractivity contribution is 5.98. The molecule has 2 aromatic carbocycles. The Hall–Kier alpha value is -3.28. The summed E-state index contributed by atoms with van der Waals surface area (Å²) in [5, 5.41) is 2.86. The molecule has 0 radical (unpaired) electrons. The monoisotopic (exact) mass is 410 g/mol. The van der Waals surface area contributed by atoms with Crippen LogP contribution in [0.1, 0.15) is 30.0 Å². The van der Waals surface area contributed by atoms with E-state index in [0.717, 1.165) is 28.8 Å². The summed E-state index contributed by atoms with van der Waals surface area (Å²) in [6.45, 7) is 6.55. The van der Waals surface area contributed by atoms with E-state index in [1.165, 1.54) is 11.0 Å². The topological polar surface area (TPSA) is 67.9 Å². The molecule has 6 nitrogen and oxygen atoms in total. The van der Waals surface area contributed by atoms with Crippen LogP contribution >= 0.6 is 0 Å². The van der Waals surface area contributed by atoms with Gasteiger partial charge < -0.3 is 19.7 Å². The van der Waals surface area contributed by atoms with Crippen molar-refractivity contribution in [3.8, 4) is 11.5 Å². The minimum Gasteiger partial charge on any atom is -0.493 e. The Morgan fingerprint density at radius 2 is 1.90 bits per heavy atom. The fraction of sp³-hybridized carbons (Fsp3) is 0.333. The van der Waals surface area contributed by atoms with E-state index < -0.39 is 0 Å². The van der Waals surface area contributed by atoms with Gasteiger partial charge in [0.1, 0.15) is 0 Å². The van der Waals surface area contributed by atoms with E-state index in [4.69, 9.17) is 9.47 Å². The second-order valence-corrected chi connectivity index (χ2v) is 7.08. The average molecular weight is 411 g/mol. The number of carbonyl (C=O) groups excluding carboxylic acids is 2. The summed E-state index contributed by atoms with van der Waals surface area (Å²) in [6.07, 6.45) is 4.03. The number of benzene rings is 2. The lowest BCUT2D eigenvalue weighted by molar-refractivity contribution is -0.129. The van der Waals surface area contributed by atoms with E-state index in [2.05, 4.69) is 5.32 Å². The van der Waals surface area contributed by atoms with Gasteiger partial charge in [-0.1, -0.05) is 25.1 Å². The highest BCUT2D eigenvalue weighted by Gasteiger charge is 2.12. The first kappa shape index (κ1) is 23.0. The van der Waals surface area contributed by atoms with E-state index >= 15 is 0 Å². The fourth-order valence-electron chi connectivity index (χ4n) is 2.78. The largest absolute Gasteiger partial charge is 0.493 e. The Labute approximate surface area is 178 Å². The molecule has 2 amide bonds. The Balaban J connectivity index is 1.97. The summed E-state index contributed by atoms with van der Waals surface area (Å²) < 4.78 is 11.0. The van der Waals surface area contributed by atoms with Crippen LogP contribution in [0.3, 0.4) is 0 Å². The molecule has 0 aliphatic heterocycles. The quantitative estimate of drug-likeness (QED) is 0.629. The maximum Gasteiger partial charge on any atom is 0.246 e. The molecule has 0 unspecified atom stereocenters. The van der Waals surface area contributed by atoms with Crippen molar-refractivity contribution < 1.29 is 19.1 Å². The van der Waals surface area contributed by atoms with Gasteiger partial charge in [-0.2, -0.15) is 0 Å². The molecule has 2 aromatic rings. The van der Waals surface area contributed by atoms with Gasteiger partial charge >= 0.3 is 0 Å². The van der Waals surface area contributed by atoms with Crippen molar-refractivity contribution in [2.75, 3.05) is 32.6 Å². The second-order valence-electron chi connectivity index (χ2n) is 7.08. The van der Waals surface area contributed by atoms with E-state index in [0.29, 0.717) is 18.1 Å². The van der Waals surface area contributed by atoms with E-state index in [1.54, 1.807) is 20.2 Å². The van der Waals surface area contributed by atoms with Crippen molar-refractivity contribution in [2.45, 2.75) is 27.2 Å². The highest BCUT2D eigenvalue weighted by atomic mass is 16.5. The Morgan fingerprint density at radius 3 is 2.60 bits per heavy atom. The van der Waals surface area contributed by atoms with Gasteiger partial charge in [-0.05, 0) is 61.2 Å². The minimum absolute atomic E-state index is 0.0380. The normalized spacial score (nSPS) is 10.7. The minimum atomic E-state index is -0.267. The molecule has 0 aliphatic carbocycles. The summed E-state index contributed by atoms with van der Waals surface area (Å²) in [5.74, 6) is 0.769. The zero-order chi connectivity index (χ0) is 22.1. The number of nitrogens with zero attached hydrogens (tertiary/aromatic N) is 1. The first-order valence-electron chi connectivity index (χ1n) is 9.95. The van der Waals surface area contributed by atoms with Crippen LogP contribution in [-0.2, 0) is 9.59 Å². The van der Waals surface area contributed by atoms with Crippen LogP contribution in [0, 0.1) is 13.8 Å². The molecule has 0 bridgehead atoms. The molecule has 0 spiro atoms. The van der Waals surface area contributed by atoms with Crippen LogP contribution in [0.25, 0.3) is 6.08 Å². The fourth-order valence-corrected chi connectivity index (χ4v) is 2.78. The lowest BCUT2D eigenvalue weighted by atomic mass is 10.1. The van der Waals surface area contributed by atoms with E-state index in [-0.39, 0.29) is 18.4 Å². The third-order valence-corrected chi connectivity index (χ3v) is 4.70. The summed E-state index contributed by atoms with van der Waals surface area (Å²) >= 11 is 0. The highest BCUT2D eigenvalue weighted by Crippen LogP contribution is 2.28. The van der Waals surface area contributed by atoms with Crippen LogP contribution in [0.5, 0.6) is 11.5 Å². The van der Waals surface area contributed by atoms with Gasteiger partial charge in [-0.3, -0.25) is 9.59 Å². The summed E-state index contributed by atoms with van der Waals surface area (Å²) in [5.41, 5.74) is 3.67. The predicted octanol–water partition coefficient (Wildman–Crippen LogP) is 4.21. The molecule has 0 heterocycles. The van der Waals surface area contributed by atoms with Crippen LogP contribution in [0.15, 0.2) is 42.5 Å². The number of rotatable bonds is 9. The van der Waals surface area contributed by atoms with Crippen LogP contribution in [0.4, 0.5) is 5.69 Å². The molecule has 0 aromatic heterocycles. The van der Waals surface area contributed by atoms with Gasteiger partial charge in [0.25, 0.3) is 0 Å². The number of likely N-dealkylation sites (N-methyl/N-ethyl adjacent to an activating group) is 1. The molecule has 6 heteroatoms. The van der Waals surface area contributed by atoms with Crippen molar-refractivity contribution in [3.05, 3.63) is 59.2 Å². The third kappa shape index (κ3) is 6.37. The number of anilines is 1. The van der Waals surface area contributed by atoms with Crippen molar-refractivity contribution in [1.29, 1.82) is 0 Å². The number of methoxy groups -OCH3 is 1. The van der Waals surface area contributed by atoms with Crippen LogP contribution < -0.4 is 14.8 Å². The van der Waals surface area contributed by atoms with Gasteiger partial charge in [0, 0.05) is 18.8 Å². The van der Waals surface area contributed by atoms with Gasteiger partial charge in [-0.15, -0.1) is 0 Å². The molecule has 0 atom stereocenters. The summed E-state index contributed by atoms with van der Waals surface area (Å²) in [7, 11) is 3.17. The molecule has 160 valence electrons. The van der Waals surface area contributed by atoms with Gasteiger partial charge in [0.15, 0.2) is 11.5 Å². The number of aryl methyl sites for hydroxylation is 1. The first-order chi connectivity index (χ1) is 14.3. The SMILES string of the molecule is CCCOc1ccc(/C=C/C(=O)N(C)CC(=O)Nc2cccc(C)c2C)cc1OC. The molecular weight excluding hydrogens is 380 g/mol. The van der Waals surface area contributed by atoms with Crippen LogP contribution in [-0.4, -0.2) is 44.0 Å². The number of amides is 2. The van der Waals surface area contributed by atoms with Crippen LogP contribution in [0.2, 0.25) is 0 Å². The third-order valence-electron chi connectivity index (χ3n) is 4.70. The van der Waals surface area contributed by atoms with Crippen molar-refractivity contribution >= 4 is 23.6 Å². The van der Waals surface area contributed by atoms with Gasteiger partial charge in [-0.25, -0.2) is 0 Å². The van der Waals surface area contributed by atoms with Gasteiger partial charge in [0.2, 0.25) is 11.8 Å². The predicted molar refractivity (Wildman–Crippen MR) is 120 cm³/mol. The number of hydrogen-bond acceptors (Lipinski definition) is 4. The van der Waals surface area contributed by atoms with Crippen molar-refractivity contribution in [1.82, 2.24) is 4.90 Å². The molecular formula is C24H30N2O4. The molecule has 30 heavy (non-hydrogen) atoms. The number of hydrogen-bond donors (Lipinski definition) is 1. The number of ether oxygens (including phenoxy) is 2. The molecule has 0 saturated heterocycles. The lowest BCUT2D eigenvalue weighted by Crippen LogP contribution is -2.34.